The Kier molecular flexibility index (Phi) is 5.60. The van der Waals surface area contributed by atoms with E-state index in [2.05, 4.69) is 33.3 Å². The van der Waals surface area contributed by atoms with E-state index in [4.69, 9.17) is 0 Å². The Morgan fingerprint density at radius 1 is 1.28 bits per heavy atom. The molecule has 1 aliphatic carbocycles. The topological polar surface area (TPSA) is 73.9 Å². The summed E-state index contributed by atoms with van der Waals surface area (Å²) in [6, 6.07) is 10.1. The van der Waals surface area contributed by atoms with Gasteiger partial charge in [0.1, 0.15) is 11.5 Å². The molecule has 0 spiro atoms. The minimum Gasteiger partial charge on any atom is -0.384 e. The minimum atomic E-state index is 0.0712. The van der Waals surface area contributed by atoms with E-state index in [0.29, 0.717) is 18.8 Å². The lowest BCUT2D eigenvalue weighted by atomic mass is 9.97. The summed E-state index contributed by atoms with van der Waals surface area (Å²) in [5, 5.41) is 4.57. The van der Waals surface area contributed by atoms with Gasteiger partial charge in [0.25, 0.3) is 5.91 Å². The van der Waals surface area contributed by atoms with Gasteiger partial charge in [0.05, 0.1) is 0 Å². The number of hydrogen-bond donors (Lipinski definition) is 2. The number of amides is 1. The molecule has 0 bridgehead atoms. The molecule has 0 saturated heterocycles. The molecule has 2 heterocycles. The maximum absolute atomic E-state index is 13.2. The van der Waals surface area contributed by atoms with Gasteiger partial charge in [0.15, 0.2) is 0 Å². The molecule has 4 rings (SSSR count). The molecule has 2 aromatic heterocycles. The molecule has 29 heavy (non-hydrogen) atoms. The summed E-state index contributed by atoms with van der Waals surface area (Å²) in [6.45, 7) is 5.32. The number of aromatic nitrogens is 3. The van der Waals surface area contributed by atoms with E-state index in [1.165, 1.54) is 5.70 Å². The number of benzene rings is 1. The molecule has 1 aliphatic rings. The Morgan fingerprint density at radius 3 is 2.83 bits per heavy atom. The molecule has 6 heteroatoms. The SMILES string of the molecule is CCN(C(=O)c1cc2ccccc2[nH]1)C1CCC=C(NCc2cnc(C)nc2)C1. The van der Waals surface area contributed by atoms with Gasteiger partial charge < -0.3 is 15.2 Å². The molecule has 1 aromatic carbocycles. The predicted molar refractivity (Wildman–Crippen MR) is 114 cm³/mol. The Labute approximate surface area is 171 Å². The fourth-order valence-corrected chi connectivity index (χ4v) is 3.94. The number of allylic oxidation sites excluding steroid dienone is 1. The molecule has 3 aromatic rings. The van der Waals surface area contributed by atoms with Gasteiger partial charge in [-0.1, -0.05) is 24.3 Å². The van der Waals surface area contributed by atoms with E-state index in [-0.39, 0.29) is 11.9 Å². The third-order valence-corrected chi connectivity index (χ3v) is 5.50. The quantitative estimate of drug-likeness (QED) is 0.669. The van der Waals surface area contributed by atoms with E-state index in [1.54, 1.807) is 0 Å². The fraction of sp³-hybridized carbons (Fsp3) is 0.348. The van der Waals surface area contributed by atoms with Crippen LogP contribution in [0.1, 0.15) is 48.1 Å². The summed E-state index contributed by atoms with van der Waals surface area (Å²) >= 11 is 0. The van der Waals surface area contributed by atoms with Crippen LogP contribution in [0.25, 0.3) is 10.9 Å². The van der Waals surface area contributed by atoms with Crippen LogP contribution in [0, 0.1) is 6.92 Å². The number of carbonyl (C=O) groups is 1. The molecule has 0 saturated carbocycles. The third kappa shape index (κ3) is 4.31. The van der Waals surface area contributed by atoms with Gasteiger partial charge in [-0.25, -0.2) is 9.97 Å². The molecule has 6 nitrogen and oxygen atoms in total. The van der Waals surface area contributed by atoms with Crippen molar-refractivity contribution in [3.05, 3.63) is 71.6 Å². The first kappa shape index (κ1) is 19.2. The van der Waals surface area contributed by atoms with E-state index in [9.17, 15) is 4.79 Å². The van der Waals surface area contributed by atoms with Crippen molar-refractivity contribution in [2.75, 3.05) is 6.54 Å². The predicted octanol–water partition coefficient (Wildman–Crippen LogP) is 3.95. The van der Waals surface area contributed by atoms with Crippen molar-refractivity contribution in [3.63, 3.8) is 0 Å². The Hall–Kier alpha value is -3.15. The summed E-state index contributed by atoms with van der Waals surface area (Å²) in [5.41, 5.74) is 3.90. The number of para-hydroxylation sites is 1. The maximum Gasteiger partial charge on any atom is 0.270 e. The summed E-state index contributed by atoms with van der Waals surface area (Å²) in [5.74, 6) is 0.849. The van der Waals surface area contributed by atoms with Gasteiger partial charge in [-0.3, -0.25) is 4.79 Å². The van der Waals surface area contributed by atoms with Crippen molar-refractivity contribution in [3.8, 4) is 0 Å². The van der Waals surface area contributed by atoms with Crippen molar-refractivity contribution in [1.29, 1.82) is 0 Å². The van der Waals surface area contributed by atoms with Gasteiger partial charge in [0, 0.05) is 60.1 Å². The lowest BCUT2D eigenvalue weighted by molar-refractivity contribution is 0.0669. The minimum absolute atomic E-state index is 0.0712. The van der Waals surface area contributed by atoms with E-state index < -0.39 is 0 Å². The average Bonchev–Trinajstić information content (AvgIpc) is 3.18. The second-order valence-corrected chi connectivity index (χ2v) is 7.52. The van der Waals surface area contributed by atoms with Crippen LogP contribution in [0.3, 0.4) is 0 Å². The number of aryl methyl sites for hydroxylation is 1. The zero-order chi connectivity index (χ0) is 20.2. The van der Waals surface area contributed by atoms with Gasteiger partial charge in [-0.2, -0.15) is 0 Å². The van der Waals surface area contributed by atoms with Gasteiger partial charge >= 0.3 is 0 Å². The van der Waals surface area contributed by atoms with E-state index in [0.717, 1.165) is 41.6 Å². The Morgan fingerprint density at radius 2 is 2.07 bits per heavy atom. The highest BCUT2D eigenvalue weighted by Crippen LogP contribution is 2.24. The van der Waals surface area contributed by atoms with E-state index in [1.807, 2.05) is 54.5 Å². The summed E-state index contributed by atoms with van der Waals surface area (Å²) in [7, 11) is 0. The number of aromatic amines is 1. The van der Waals surface area contributed by atoms with Crippen LogP contribution in [-0.2, 0) is 6.54 Å². The van der Waals surface area contributed by atoms with Crippen LogP contribution < -0.4 is 5.32 Å². The maximum atomic E-state index is 13.2. The molecule has 0 radical (unpaired) electrons. The van der Waals surface area contributed by atoms with Gasteiger partial charge in [0.2, 0.25) is 0 Å². The van der Waals surface area contributed by atoms with Crippen molar-refractivity contribution < 1.29 is 4.79 Å². The number of H-pyrrole nitrogens is 1. The highest BCUT2D eigenvalue weighted by atomic mass is 16.2. The lowest BCUT2D eigenvalue weighted by Crippen LogP contribution is -2.42. The lowest BCUT2D eigenvalue weighted by Gasteiger charge is -2.33. The average molecular weight is 390 g/mol. The van der Waals surface area contributed by atoms with Crippen molar-refractivity contribution in [2.24, 2.45) is 0 Å². The monoisotopic (exact) mass is 389 g/mol. The highest BCUT2D eigenvalue weighted by molar-refractivity contribution is 5.98. The molecule has 1 unspecified atom stereocenters. The number of fused-ring (bicyclic) bond motifs is 1. The van der Waals surface area contributed by atoms with Crippen LogP contribution >= 0.6 is 0 Å². The van der Waals surface area contributed by atoms with Crippen LogP contribution in [-0.4, -0.2) is 38.3 Å². The molecule has 150 valence electrons. The molecule has 0 aliphatic heterocycles. The summed E-state index contributed by atoms with van der Waals surface area (Å²) < 4.78 is 0. The van der Waals surface area contributed by atoms with Crippen molar-refractivity contribution >= 4 is 16.8 Å². The number of carbonyl (C=O) groups excluding carboxylic acids is 1. The second-order valence-electron chi connectivity index (χ2n) is 7.52. The first-order chi connectivity index (χ1) is 14.1. The standard InChI is InChI=1S/C23H27N5O/c1-3-28(23(29)22-11-18-7-4-5-10-21(18)27-22)20-9-6-8-19(12-20)26-15-17-13-24-16(2)25-14-17/h4-5,7-8,10-11,13-14,20,26-27H,3,6,9,12,15H2,1-2H3. The Balaban J connectivity index is 1.42. The number of hydrogen-bond acceptors (Lipinski definition) is 4. The first-order valence-corrected chi connectivity index (χ1v) is 10.2. The smallest absolute Gasteiger partial charge is 0.270 e. The van der Waals surface area contributed by atoms with Gasteiger partial charge in [-0.15, -0.1) is 0 Å². The zero-order valence-corrected chi connectivity index (χ0v) is 17.0. The number of nitrogens with one attached hydrogen (secondary N) is 2. The fourth-order valence-electron chi connectivity index (χ4n) is 3.94. The van der Waals surface area contributed by atoms with Crippen LogP contribution in [0.15, 0.2) is 54.5 Å². The zero-order valence-electron chi connectivity index (χ0n) is 17.0. The molecule has 1 atom stereocenters. The van der Waals surface area contributed by atoms with Crippen LogP contribution in [0.2, 0.25) is 0 Å². The highest BCUT2D eigenvalue weighted by Gasteiger charge is 2.27. The third-order valence-electron chi connectivity index (χ3n) is 5.50. The molecule has 1 amide bonds. The van der Waals surface area contributed by atoms with Crippen LogP contribution in [0.5, 0.6) is 0 Å². The molecular formula is C23H27N5O. The number of rotatable bonds is 6. The molecule has 0 fully saturated rings. The van der Waals surface area contributed by atoms with Crippen LogP contribution in [0.4, 0.5) is 0 Å². The van der Waals surface area contributed by atoms with E-state index >= 15 is 0 Å². The molecular weight excluding hydrogens is 362 g/mol. The van der Waals surface area contributed by atoms with Crippen molar-refractivity contribution in [1.82, 2.24) is 25.2 Å². The largest absolute Gasteiger partial charge is 0.384 e. The molecule has 2 N–H and O–H groups in total. The van der Waals surface area contributed by atoms with Crippen molar-refractivity contribution in [2.45, 2.75) is 45.7 Å². The summed E-state index contributed by atoms with van der Waals surface area (Å²) in [6.07, 6.45) is 8.74. The Bertz CT molecular complexity index is 988. The summed E-state index contributed by atoms with van der Waals surface area (Å²) in [4.78, 5) is 27.0. The first-order valence-electron chi connectivity index (χ1n) is 10.2. The van der Waals surface area contributed by atoms with Gasteiger partial charge in [-0.05, 0) is 38.8 Å². The normalized spacial score (nSPS) is 16.5. The number of nitrogens with zero attached hydrogens (tertiary/aromatic N) is 3. The second kappa shape index (κ2) is 8.47.